The maximum Gasteiger partial charge on any atom is 0.163 e. The Bertz CT molecular complexity index is 311. The van der Waals surface area contributed by atoms with Crippen molar-refractivity contribution in [1.29, 1.82) is 0 Å². The molecule has 0 bridgehead atoms. The number of hydrogen-bond acceptors (Lipinski definition) is 1. The van der Waals surface area contributed by atoms with Gasteiger partial charge in [-0.15, -0.1) is 0 Å². The summed E-state index contributed by atoms with van der Waals surface area (Å²) in [6.07, 6.45) is 10.3. The molecule has 0 saturated carbocycles. The first-order valence-corrected chi connectivity index (χ1v) is 6.42. The van der Waals surface area contributed by atoms with Crippen molar-refractivity contribution in [1.82, 2.24) is 0 Å². The first-order valence-electron chi connectivity index (χ1n) is 6.42. The molecular formula is C15H24O. The highest BCUT2D eigenvalue weighted by Gasteiger charge is 2.38. The molecule has 0 aromatic rings. The van der Waals surface area contributed by atoms with Crippen LogP contribution in [-0.4, -0.2) is 5.78 Å². The maximum atomic E-state index is 12.2. The molecule has 0 fully saturated rings. The lowest BCUT2D eigenvalue weighted by molar-refractivity contribution is -0.121. The van der Waals surface area contributed by atoms with Gasteiger partial charge in [0.15, 0.2) is 5.78 Å². The summed E-state index contributed by atoms with van der Waals surface area (Å²) in [7, 11) is 0. The zero-order valence-corrected chi connectivity index (χ0v) is 11.0. The van der Waals surface area contributed by atoms with Crippen LogP contribution < -0.4 is 0 Å². The molecule has 1 aliphatic rings. The molecule has 0 unspecified atom stereocenters. The number of hydrogen-bond donors (Lipinski definition) is 0. The van der Waals surface area contributed by atoms with Crippen LogP contribution in [0.2, 0.25) is 0 Å². The molecule has 0 N–H and O–H groups in total. The summed E-state index contributed by atoms with van der Waals surface area (Å²) < 4.78 is 0. The Balaban J connectivity index is 2.95. The van der Waals surface area contributed by atoms with Crippen molar-refractivity contribution in [2.75, 3.05) is 0 Å². The number of allylic oxidation sites excluding steroid dienone is 4. The Hall–Kier alpha value is -0.850. The van der Waals surface area contributed by atoms with Gasteiger partial charge in [0.25, 0.3) is 0 Å². The van der Waals surface area contributed by atoms with E-state index in [0.29, 0.717) is 5.78 Å². The summed E-state index contributed by atoms with van der Waals surface area (Å²) in [6.45, 7) is 8.62. The van der Waals surface area contributed by atoms with Crippen LogP contribution >= 0.6 is 0 Å². The number of rotatable bonds is 4. The molecule has 1 heteroatoms. The van der Waals surface area contributed by atoms with Crippen molar-refractivity contribution >= 4 is 5.78 Å². The predicted octanol–water partition coefficient (Wildman–Crippen LogP) is 4.29. The van der Waals surface area contributed by atoms with Crippen LogP contribution in [0.1, 0.15) is 53.4 Å². The van der Waals surface area contributed by atoms with Gasteiger partial charge in [0.2, 0.25) is 0 Å². The van der Waals surface area contributed by atoms with Gasteiger partial charge in [0.1, 0.15) is 0 Å². The van der Waals surface area contributed by atoms with E-state index < -0.39 is 0 Å². The van der Waals surface area contributed by atoms with Crippen LogP contribution in [0.3, 0.4) is 0 Å². The molecular weight excluding hydrogens is 196 g/mol. The fourth-order valence-electron chi connectivity index (χ4n) is 2.72. The van der Waals surface area contributed by atoms with E-state index in [0.717, 1.165) is 25.7 Å². The molecule has 0 radical (unpaired) electrons. The summed E-state index contributed by atoms with van der Waals surface area (Å²) in [5.74, 6) is 0.397. The van der Waals surface area contributed by atoms with Gasteiger partial charge in [0.05, 0.1) is 0 Å². The molecule has 0 aromatic carbocycles. The lowest BCUT2D eigenvalue weighted by Gasteiger charge is -2.39. The van der Waals surface area contributed by atoms with Crippen LogP contribution in [-0.2, 0) is 4.79 Å². The Labute approximate surface area is 99.6 Å². The summed E-state index contributed by atoms with van der Waals surface area (Å²) >= 11 is 0. The van der Waals surface area contributed by atoms with Crippen molar-refractivity contribution in [3.05, 3.63) is 23.8 Å². The Morgan fingerprint density at radius 2 is 2.25 bits per heavy atom. The zero-order chi connectivity index (χ0) is 12.2. The lowest BCUT2D eigenvalue weighted by Crippen LogP contribution is -2.35. The predicted molar refractivity (Wildman–Crippen MR) is 69.3 cm³/mol. The molecule has 0 spiro atoms. The van der Waals surface area contributed by atoms with E-state index in [-0.39, 0.29) is 11.3 Å². The summed E-state index contributed by atoms with van der Waals surface area (Å²) in [4.78, 5) is 12.2. The van der Waals surface area contributed by atoms with Crippen molar-refractivity contribution in [2.45, 2.75) is 53.4 Å². The Morgan fingerprint density at radius 1 is 1.56 bits per heavy atom. The average Bonchev–Trinajstić information content (AvgIpc) is 2.26. The van der Waals surface area contributed by atoms with Gasteiger partial charge >= 0.3 is 0 Å². The van der Waals surface area contributed by atoms with E-state index in [2.05, 4.69) is 33.8 Å². The van der Waals surface area contributed by atoms with E-state index in [1.807, 2.05) is 6.08 Å². The summed E-state index contributed by atoms with van der Waals surface area (Å²) in [5.41, 5.74) is 1.43. The second-order valence-electron chi connectivity index (χ2n) is 5.14. The smallest absolute Gasteiger partial charge is 0.163 e. The Kier molecular flexibility index (Phi) is 4.52. The first-order chi connectivity index (χ1) is 7.55. The minimum Gasteiger partial charge on any atom is -0.294 e. The molecule has 1 nitrogen and oxygen atoms in total. The zero-order valence-electron chi connectivity index (χ0n) is 11.0. The van der Waals surface area contributed by atoms with Crippen LogP contribution in [0, 0.1) is 11.3 Å². The highest BCUT2D eigenvalue weighted by atomic mass is 16.1. The monoisotopic (exact) mass is 220 g/mol. The third-order valence-corrected chi connectivity index (χ3v) is 3.94. The van der Waals surface area contributed by atoms with Crippen LogP contribution in [0.25, 0.3) is 0 Å². The van der Waals surface area contributed by atoms with Gasteiger partial charge in [-0.2, -0.15) is 0 Å². The first kappa shape index (κ1) is 13.2. The van der Waals surface area contributed by atoms with E-state index >= 15 is 0 Å². The molecule has 0 heterocycles. The van der Waals surface area contributed by atoms with Crippen LogP contribution in [0.15, 0.2) is 23.8 Å². The molecule has 16 heavy (non-hydrogen) atoms. The van der Waals surface area contributed by atoms with Crippen molar-refractivity contribution < 1.29 is 4.79 Å². The quantitative estimate of drug-likeness (QED) is 0.510. The molecule has 0 saturated heterocycles. The third kappa shape index (κ3) is 2.63. The highest BCUT2D eigenvalue weighted by Crippen LogP contribution is 2.44. The van der Waals surface area contributed by atoms with Gasteiger partial charge < -0.3 is 0 Å². The second-order valence-corrected chi connectivity index (χ2v) is 5.14. The molecule has 0 amide bonds. The topological polar surface area (TPSA) is 17.1 Å². The molecule has 90 valence electrons. The summed E-state index contributed by atoms with van der Waals surface area (Å²) in [6, 6.07) is 0. The van der Waals surface area contributed by atoms with E-state index in [1.54, 1.807) is 6.08 Å². The minimum atomic E-state index is 0.106. The van der Waals surface area contributed by atoms with Crippen molar-refractivity contribution in [3.8, 4) is 0 Å². The van der Waals surface area contributed by atoms with Gasteiger partial charge in [-0.05, 0) is 44.1 Å². The second kappa shape index (κ2) is 5.47. The average molecular weight is 220 g/mol. The number of ketones is 1. The van der Waals surface area contributed by atoms with Crippen LogP contribution in [0.4, 0.5) is 0 Å². The minimum absolute atomic E-state index is 0.106. The largest absolute Gasteiger partial charge is 0.294 e. The number of carbonyl (C=O) groups is 1. The molecule has 1 aliphatic carbocycles. The maximum absolute atomic E-state index is 12.2. The van der Waals surface area contributed by atoms with Gasteiger partial charge in [0, 0.05) is 5.92 Å². The standard InChI is InChI=1S/C15H24O/c1-5-7-10-13(16)14-12(3)9-8-11-15(14,4)6-2/h7,9-10,14H,5-6,8,11H2,1-4H3/t14-,15+/m1/s1. The van der Waals surface area contributed by atoms with Crippen LogP contribution in [0.5, 0.6) is 0 Å². The van der Waals surface area contributed by atoms with Crippen molar-refractivity contribution in [2.24, 2.45) is 11.3 Å². The molecule has 0 aliphatic heterocycles. The molecule has 2 atom stereocenters. The van der Waals surface area contributed by atoms with E-state index in [4.69, 9.17) is 0 Å². The van der Waals surface area contributed by atoms with E-state index in [1.165, 1.54) is 5.57 Å². The molecule has 1 rings (SSSR count). The lowest BCUT2D eigenvalue weighted by atomic mass is 9.64. The fraction of sp³-hybridized carbons (Fsp3) is 0.667. The Morgan fingerprint density at radius 3 is 2.81 bits per heavy atom. The molecule has 0 aromatic heterocycles. The summed E-state index contributed by atoms with van der Waals surface area (Å²) in [5, 5.41) is 0. The van der Waals surface area contributed by atoms with Gasteiger partial charge in [-0.1, -0.05) is 38.5 Å². The van der Waals surface area contributed by atoms with Gasteiger partial charge in [-0.25, -0.2) is 0 Å². The highest BCUT2D eigenvalue weighted by molar-refractivity contribution is 5.94. The van der Waals surface area contributed by atoms with Crippen molar-refractivity contribution in [3.63, 3.8) is 0 Å². The SMILES string of the molecule is CCC=CC(=O)[C@H]1C(C)=CCC[C@]1(C)CC. The number of carbonyl (C=O) groups excluding carboxylic acids is 1. The van der Waals surface area contributed by atoms with E-state index in [9.17, 15) is 4.79 Å². The van der Waals surface area contributed by atoms with Gasteiger partial charge in [-0.3, -0.25) is 4.79 Å². The third-order valence-electron chi connectivity index (χ3n) is 3.94. The normalized spacial score (nSPS) is 30.5. The fourth-order valence-corrected chi connectivity index (χ4v) is 2.72.